The van der Waals surface area contributed by atoms with Crippen molar-refractivity contribution in [3.63, 3.8) is 0 Å². The number of hydrogen-bond acceptors (Lipinski definition) is 6. The summed E-state index contributed by atoms with van der Waals surface area (Å²) in [7, 11) is 0. The van der Waals surface area contributed by atoms with Crippen molar-refractivity contribution >= 4 is 11.8 Å². The summed E-state index contributed by atoms with van der Waals surface area (Å²) < 4.78 is 10.7. The highest BCUT2D eigenvalue weighted by molar-refractivity contribution is 6.05. The lowest BCUT2D eigenvalue weighted by Crippen LogP contribution is -2.20. The van der Waals surface area contributed by atoms with E-state index in [1.165, 1.54) is 6.07 Å². The summed E-state index contributed by atoms with van der Waals surface area (Å²) in [4.78, 5) is 24.4. The van der Waals surface area contributed by atoms with Crippen LogP contribution in [0, 0.1) is 0 Å². The topological polar surface area (TPSA) is 96.4 Å². The Hall–Kier alpha value is -2.08. The fraction of sp³-hybridized carbons (Fsp3) is 0.500. The number of esters is 1. The summed E-state index contributed by atoms with van der Waals surface area (Å²) in [6.07, 6.45) is 1.13. The lowest BCUT2D eigenvalue weighted by Gasteiger charge is -2.15. The van der Waals surface area contributed by atoms with Crippen molar-refractivity contribution in [2.75, 3.05) is 0 Å². The van der Waals surface area contributed by atoms with Gasteiger partial charge >= 0.3 is 5.97 Å². The molecule has 0 amide bonds. The third kappa shape index (κ3) is 2.92. The van der Waals surface area contributed by atoms with Crippen LogP contribution < -0.4 is 0 Å². The minimum Gasteiger partial charge on any atom is -0.508 e. The Morgan fingerprint density at radius 3 is 2.73 bits per heavy atom. The van der Waals surface area contributed by atoms with Crippen LogP contribution in [0.1, 0.15) is 42.1 Å². The molecule has 0 bridgehead atoms. The van der Waals surface area contributed by atoms with Gasteiger partial charge in [-0.2, -0.15) is 0 Å². The smallest absolute Gasteiger partial charge is 0.310 e. The van der Waals surface area contributed by atoms with Gasteiger partial charge in [-0.1, -0.05) is 0 Å². The molecule has 6 nitrogen and oxygen atoms in total. The SMILES string of the molecule is C[C@H]1CCC[C@@H]2O[C@@H]2C(=O)c2c(O)cc(O)cc2CC(=O)O1. The number of rotatable bonds is 0. The molecule has 6 heteroatoms. The first-order valence-corrected chi connectivity index (χ1v) is 7.39. The first kappa shape index (κ1) is 14.8. The molecule has 1 aromatic rings. The second-order valence-corrected chi connectivity index (χ2v) is 5.87. The number of carbonyl (C=O) groups excluding carboxylic acids is 2. The Morgan fingerprint density at radius 2 is 1.95 bits per heavy atom. The highest BCUT2D eigenvalue weighted by Gasteiger charge is 2.46. The molecule has 0 saturated carbocycles. The Kier molecular flexibility index (Phi) is 3.78. The third-order valence-corrected chi connectivity index (χ3v) is 4.04. The number of fused-ring (bicyclic) bond motifs is 2. The van der Waals surface area contributed by atoms with Crippen molar-refractivity contribution in [3.05, 3.63) is 23.3 Å². The predicted octanol–water partition coefficient (Wildman–Crippen LogP) is 1.71. The highest BCUT2D eigenvalue weighted by atomic mass is 16.6. The van der Waals surface area contributed by atoms with Crippen LogP contribution in [0.3, 0.4) is 0 Å². The molecule has 2 N–H and O–H groups in total. The van der Waals surface area contributed by atoms with Crippen molar-refractivity contribution in [1.82, 2.24) is 0 Å². The van der Waals surface area contributed by atoms with Gasteiger partial charge in [-0.15, -0.1) is 0 Å². The molecule has 0 radical (unpaired) electrons. The number of cyclic esters (lactones) is 1. The van der Waals surface area contributed by atoms with E-state index < -0.39 is 12.1 Å². The Balaban J connectivity index is 1.98. The van der Waals surface area contributed by atoms with Gasteiger partial charge in [-0.25, -0.2) is 0 Å². The van der Waals surface area contributed by atoms with E-state index in [1.807, 2.05) is 6.92 Å². The molecule has 0 unspecified atom stereocenters. The minimum atomic E-state index is -0.569. The molecule has 1 fully saturated rings. The summed E-state index contributed by atoms with van der Waals surface area (Å²) in [6, 6.07) is 2.40. The number of epoxide rings is 1. The zero-order valence-corrected chi connectivity index (χ0v) is 12.2. The first-order chi connectivity index (χ1) is 10.5. The number of carbonyl (C=O) groups is 2. The number of aromatic hydroxyl groups is 2. The van der Waals surface area contributed by atoms with Gasteiger partial charge in [-0.05, 0) is 37.8 Å². The number of phenols is 2. The van der Waals surface area contributed by atoms with Gasteiger partial charge in [0.1, 0.15) is 17.6 Å². The van der Waals surface area contributed by atoms with Gasteiger partial charge < -0.3 is 19.7 Å². The van der Waals surface area contributed by atoms with Crippen LogP contribution in [0.25, 0.3) is 0 Å². The molecule has 0 spiro atoms. The molecule has 3 rings (SSSR count). The van der Waals surface area contributed by atoms with Crippen LogP contribution >= 0.6 is 0 Å². The van der Waals surface area contributed by atoms with Gasteiger partial charge in [0.05, 0.1) is 24.2 Å². The first-order valence-electron chi connectivity index (χ1n) is 7.39. The zero-order valence-electron chi connectivity index (χ0n) is 12.2. The van der Waals surface area contributed by atoms with Crippen LogP contribution in [0.15, 0.2) is 12.1 Å². The quantitative estimate of drug-likeness (QED) is 0.559. The summed E-state index contributed by atoms with van der Waals surface area (Å²) in [5.41, 5.74) is 0.296. The fourth-order valence-electron chi connectivity index (χ4n) is 2.92. The van der Waals surface area contributed by atoms with Gasteiger partial charge in [0.15, 0.2) is 5.78 Å². The zero-order chi connectivity index (χ0) is 15.9. The van der Waals surface area contributed by atoms with Crippen LogP contribution in [0.5, 0.6) is 11.5 Å². The number of benzene rings is 1. The molecule has 3 atom stereocenters. The van der Waals surface area contributed by atoms with Crippen LogP contribution in [0.2, 0.25) is 0 Å². The number of ketones is 1. The fourth-order valence-corrected chi connectivity index (χ4v) is 2.92. The standard InChI is InChI=1S/C16H18O6/c1-8-3-2-4-12-16(22-12)15(20)14-9(6-13(19)21-8)5-10(17)7-11(14)18/h5,7-8,12,16-18H,2-4,6H2,1H3/t8-,12-,16-/m0/s1. The molecule has 2 aliphatic rings. The molecule has 1 aromatic carbocycles. The average Bonchev–Trinajstić information content (AvgIpc) is 3.15. The number of phenolic OH excluding ortho intramolecular Hbond substituents is 2. The van der Waals surface area contributed by atoms with Crippen LogP contribution in [0.4, 0.5) is 0 Å². The summed E-state index contributed by atoms with van der Waals surface area (Å²) in [6.45, 7) is 1.82. The van der Waals surface area contributed by atoms with Crippen LogP contribution in [-0.4, -0.2) is 40.3 Å². The van der Waals surface area contributed by atoms with E-state index in [9.17, 15) is 19.8 Å². The van der Waals surface area contributed by atoms with E-state index >= 15 is 0 Å². The van der Waals surface area contributed by atoms with Gasteiger partial charge in [0.25, 0.3) is 0 Å². The monoisotopic (exact) mass is 306 g/mol. The molecule has 1 saturated heterocycles. The summed E-state index contributed by atoms with van der Waals surface area (Å²) >= 11 is 0. The molecular weight excluding hydrogens is 288 g/mol. The molecule has 0 aliphatic carbocycles. The van der Waals surface area contributed by atoms with Crippen molar-refractivity contribution in [2.45, 2.75) is 50.9 Å². The molecular formula is C16H18O6. The van der Waals surface area contributed by atoms with Crippen molar-refractivity contribution in [3.8, 4) is 11.5 Å². The van der Waals surface area contributed by atoms with Crippen molar-refractivity contribution < 1.29 is 29.3 Å². The maximum atomic E-state index is 12.5. The lowest BCUT2D eigenvalue weighted by atomic mass is 9.95. The van der Waals surface area contributed by atoms with Gasteiger partial charge in [0.2, 0.25) is 0 Å². The van der Waals surface area contributed by atoms with E-state index in [-0.39, 0.29) is 47.0 Å². The normalized spacial score (nSPS) is 28.7. The molecule has 22 heavy (non-hydrogen) atoms. The van der Waals surface area contributed by atoms with E-state index in [4.69, 9.17) is 9.47 Å². The van der Waals surface area contributed by atoms with Gasteiger partial charge in [-0.3, -0.25) is 9.59 Å². The number of ether oxygens (including phenoxy) is 2. The van der Waals surface area contributed by atoms with Gasteiger partial charge in [0, 0.05) is 6.07 Å². The number of hydrogen-bond donors (Lipinski definition) is 2. The second-order valence-electron chi connectivity index (χ2n) is 5.87. The lowest BCUT2D eigenvalue weighted by molar-refractivity contribution is -0.147. The molecule has 0 aromatic heterocycles. The minimum absolute atomic E-state index is 0.0375. The summed E-state index contributed by atoms with van der Waals surface area (Å²) in [5, 5.41) is 19.6. The van der Waals surface area contributed by atoms with E-state index in [0.717, 1.165) is 12.5 Å². The Labute approximate surface area is 127 Å². The third-order valence-electron chi connectivity index (χ3n) is 4.04. The average molecular weight is 306 g/mol. The second kappa shape index (κ2) is 5.61. The van der Waals surface area contributed by atoms with E-state index in [2.05, 4.69) is 0 Å². The summed E-state index contributed by atoms with van der Waals surface area (Å²) in [5.74, 6) is -1.38. The maximum absolute atomic E-state index is 12.5. The van der Waals surface area contributed by atoms with Crippen LogP contribution in [-0.2, 0) is 20.7 Å². The van der Waals surface area contributed by atoms with E-state index in [1.54, 1.807) is 0 Å². The van der Waals surface area contributed by atoms with E-state index in [0.29, 0.717) is 12.8 Å². The van der Waals surface area contributed by atoms with Crippen molar-refractivity contribution in [1.29, 1.82) is 0 Å². The maximum Gasteiger partial charge on any atom is 0.310 e. The Morgan fingerprint density at radius 1 is 1.18 bits per heavy atom. The number of Topliss-reactive ketones (excluding diaryl/α,β-unsaturated/α-hetero) is 1. The molecule has 2 aliphatic heterocycles. The Bertz CT molecular complexity index is 623. The highest BCUT2D eigenvalue weighted by Crippen LogP contribution is 2.36. The largest absolute Gasteiger partial charge is 0.508 e. The molecule has 2 heterocycles. The molecule has 118 valence electrons. The van der Waals surface area contributed by atoms with Crippen molar-refractivity contribution in [2.24, 2.45) is 0 Å². The predicted molar refractivity (Wildman–Crippen MR) is 75.9 cm³/mol.